The van der Waals surface area contributed by atoms with E-state index in [1.54, 1.807) is 18.4 Å². The van der Waals surface area contributed by atoms with E-state index in [9.17, 15) is 0 Å². The Bertz CT molecular complexity index is 288. The first kappa shape index (κ1) is 15.6. The van der Waals surface area contributed by atoms with Gasteiger partial charge in [0.05, 0.1) is 19.3 Å². The van der Waals surface area contributed by atoms with Gasteiger partial charge in [0, 0.05) is 25.0 Å². The standard InChI is InChI=1S/C14H25NO2S/c1-12(2)9-15-10-13(11-16-3)17-7-6-14-5-4-8-18-14/h4-5,8,12-13,15H,6-7,9-11H2,1-3H3. The highest BCUT2D eigenvalue weighted by Gasteiger charge is 2.09. The maximum atomic E-state index is 5.86. The zero-order valence-corrected chi connectivity index (χ0v) is 12.5. The van der Waals surface area contributed by atoms with Crippen LogP contribution in [-0.2, 0) is 15.9 Å². The van der Waals surface area contributed by atoms with Gasteiger partial charge in [-0.1, -0.05) is 19.9 Å². The molecule has 4 heteroatoms. The van der Waals surface area contributed by atoms with Crippen LogP contribution in [0.4, 0.5) is 0 Å². The first-order chi connectivity index (χ1) is 8.72. The lowest BCUT2D eigenvalue weighted by Gasteiger charge is -2.18. The molecule has 104 valence electrons. The summed E-state index contributed by atoms with van der Waals surface area (Å²) in [7, 11) is 1.72. The second kappa shape index (κ2) is 9.50. The van der Waals surface area contributed by atoms with Crippen LogP contribution in [0.5, 0.6) is 0 Å². The molecule has 1 rings (SSSR count). The summed E-state index contributed by atoms with van der Waals surface area (Å²) in [6.45, 7) is 7.70. The summed E-state index contributed by atoms with van der Waals surface area (Å²) in [4.78, 5) is 1.38. The van der Waals surface area contributed by atoms with Crippen molar-refractivity contribution in [3.8, 4) is 0 Å². The van der Waals surface area contributed by atoms with E-state index >= 15 is 0 Å². The Morgan fingerprint density at radius 2 is 2.17 bits per heavy atom. The molecule has 0 amide bonds. The van der Waals surface area contributed by atoms with E-state index in [1.165, 1.54) is 4.88 Å². The van der Waals surface area contributed by atoms with Crippen LogP contribution in [-0.4, -0.2) is 39.5 Å². The quantitative estimate of drug-likeness (QED) is 0.709. The minimum absolute atomic E-state index is 0.147. The van der Waals surface area contributed by atoms with E-state index in [1.807, 2.05) is 0 Å². The molecule has 1 aromatic heterocycles. The van der Waals surface area contributed by atoms with Gasteiger partial charge < -0.3 is 14.8 Å². The first-order valence-electron chi connectivity index (χ1n) is 6.56. The Balaban J connectivity index is 2.16. The molecular weight excluding hydrogens is 246 g/mol. The van der Waals surface area contributed by atoms with Crippen LogP contribution < -0.4 is 5.32 Å². The zero-order chi connectivity index (χ0) is 13.2. The van der Waals surface area contributed by atoms with Crippen LogP contribution in [0.1, 0.15) is 18.7 Å². The number of methoxy groups -OCH3 is 1. The van der Waals surface area contributed by atoms with Crippen molar-refractivity contribution < 1.29 is 9.47 Å². The third kappa shape index (κ3) is 7.11. The van der Waals surface area contributed by atoms with Crippen LogP contribution in [0.2, 0.25) is 0 Å². The first-order valence-corrected chi connectivity index (χ1v) is 7.44. The molecule has 0 saturated heterocycles. The number of hydrogen-bond acceptors (Lipinski definition) is 4. The van der Waals surface area contributed by atoms with Gasteiger partial charge in [-0.15, -0.1) is 11.3 Å². The Labute approximate surface area is 114 Å². The van der Waals surface area contributed by atoms with Crippen molar-refractivity contribution in [2.45, 2.75) is 26.4 Å². The molecule has 0 aliphatic rings. The molecule has 0 fully saturated rings. The third-order valence-electron chi connectivity index (χ3n) is 2.56. The number of hydrogen-bond donors (Lipinski definition) is 1. The van der Waals surface area contributed by atoms with Crippen LogP contribution in [0.25, 0.3) is 0 Å². The van der Waals surface area contributed by atoms with Crippen LogP contribution in [0.15, 0.2) is 17.5 Å². The molecule has 18 heavy (non-hydrogen) atoms. The maximum absolute atomic E-state index is 5.86. The second-order valence-corrected chi connectivity index (χ2v) is 5.86. The molecule has 3 nitrogen and oxygen atoms in total. The molecule has 1 atom stereocenters. The van der Waals surface area contributed by atoms with E-state index in [-0.39, 0.29) is 6.10 Å². The Kier molecular flexibility index (Phi) is 8.25. The van der Waals surface area contributed by atoms with Gasteiger partial charge >= 0.3 is 0 Å². The lowest BCUT2D eigenvalue weighted by Crippen LogP contribution is -2.34. The molecule has 0 radical (unpaired) electrons. The maximum Gasteiger partial charge on any atom is 0.0932 e. The molecular formula is C14H25NO2S. The fraction of sp³-hybridized carbons (Fsp3) is 0.714. The summed E-state index contributed by atoms with van der Waals surface area (Å²) in [6, 6.07) is 4.23. The van der Waals surface area contributed by atoms with Gasteiger partial charge in [0.1, 0.15) is 0 Å². The normalized spacial score (nSPS) is 13.1. The van der Waals surface area contributed by atoms with Crippen molar-refractivity contribution in [1.82, 2.24) is 5.32 Å². The third-order valence-corrected chi connectivity index (χ3v) is 3.50. The molecule has 0 saturated carbocycles. The van der Waals surface area contributed by atoms with Crippen molar-refractivity contribution in [3.05, 3.63) is 22.4 Å². The largest absolute Gasteiger partial charge is 0.382 e. The molecule has 1 heterocycles. The zero-order valence-electron chi connectivity index (χ0n) is 11.6. The Hall–Kier alpha value is -0.420. The van der Waals surface area contributed by atoms with Gasteiger partial charge in [-0.25, -0.2) is 0 Å². The van der Waals surface area contributed by atoms with Crippen molar-refractivity contribution in [3.63, 3.8) is 0 Å². The number of thiophene rings is 1. The monoisotopic (exact) mass is 271 g/mol. The highest BCUT2D eigenvalue weighted by atomic mass is 32.1. The van der Waals surface area contributed by atoms with E-state index in [0.717, 1.165) is 26.1 Å². The van der Waals surface area contributed by atoms with E-state index in [4.69, 9.17) is 9.47 Å². The van der Waals surface area contributed by atoms with Crippen molar-refractivity contribution in [2.75, 3.05) is 33.4 Å². The summed E-state index contributed by atoms with van der Waals surface area (Å²) in [5.74, 6) is 0.666. The Morgan fingerprint density at radius 3 is 2.78 bits per heavy atom. The fourth-order valence-corrected chi connectivity index (χ4v) is 2.36. The number of ether oxygens (including phenoxy) is 2. The van der Waals surface area contributed by atoms with Crippen LogP contribution >= 0.6 is 11.3 Å². The van der Waals surface area contributed by atoms with E-state index in [2.05, 4.69) is 36.7 Å². The van der Waals surface area contributed by atoms with Gasteiger partial charge in [0.15, 0.2) is 0 Å². The Morgan fingerprint density at radius 1 is 1.33 bits per heavy atom. The summed E-state index contributed by atoms with van der Waals surface area (Å²) in [5.41, 5.74) is 0. The second-order valence-electron chi connectivity index (χ2n) is 4.83. The lowest BCUT2D eigenvalue weighted by atomic mass is 10.2. The predicted molar refractivity (Wildman–Crippen MR) is 77.3 cm³/mol. The van der Waals surface area contributed by atoms with Crippen molar-refractivity contribution >= 4 is 11.3 Å². The van der Waals surface area contributed by atoms with Crippen molar-refractivity contribution in [1.29, 1.82) is 0 Å². The van der Waals surface area contributed by atoms with E-state index in [0.29, 0.717) is 12.5 Å². The summed E-state index contributed by atoms with van der Waals surface area (Å²) in [6.07, 6.45) is 1.14. The number of nitrogens with one attached hydrogen (secondary N) is 1. The molecule has 1 aromatic rings. The summed E-state index contributed by atoms with van der Waals surface area (Å²) in [5, 5.41) is 5.51. The highest BCUT2D eigenvalue weighted by molar-refractivity contribution is 7.09. The predicted octanol–water partition coefficient (Wildman–Crippen LogP) is 2.57. The van der Waals surface area contributed by atoms with Gasteiger partial charge in [-0.2, -0.15) is 0 Å². The smallest absolute Gasteiger partial charge is 0.0932 e. The average Bonchev–Trinajstić information content (AvgIpc) is 2.81. The van der Waals surface area contributed by atoms with Gasteiger partial charge in [0.25, 0.3) is 0 Å². The van der Waals surface area contributed by atoms with Gasteiger partial charge in [-0.05, 0) is 23.9 Å². The highest BCUT2D eigenvalue weighted by Crippen LogP contribution is 2.09. The van der Waals surface area contributed by atoms with Gasteiger partial charge in [-0.3, -0.25) is 0 Å². The van der Waals surface area contributed by atoms with E-state index < -0.39 is 0 Å². The molecule has 0 bridgehead atoms. The molecule has 0 aromatic carbocycles. The number of rotatable bonds is 10. The van der Waals surface area contributed by atoms with Crippen LogP contribution in [0, 0.1) is 5.92 Å². The van der Waals surface area contributed by atoms with Crippen LogP contribution in [0.3, 0.4) is 0 Å². The fourth-order valence-electron chi connectivity index (χ4n) is 1.67. The molecule has 1 unspecified atom stereocenters. The SMILES string of the molecule is COCC(CNCC(C)C)OCCc1cccs1. The minimum atomic E-state index is 0.147. The molecule has 1 N–H and O–H groups in total. The average molecular weight is 271 g/mol. The topological polar surface area (TPSA) is 30.5 Å². The van der Waals surface area contributed by atoms with Crippen molar-refractivity contribution in [2.24, 2.45) is 5.92 Å². The van der Waals surface area contributed by atoms with Gasteiger partial charge in [0.2, 0.25) is 0 Å². The molecule has 0 aliphatic carbocycles. The minimum Gasteiger partial charge on any atom is -0.382 e. The molecule has 0 aliphatic heterocycles. The molecule has 0 spiro atoms. The summed E-state index contributed by atoms with van der Waals surface area (Å²) >= 11 is 1.78. The lowest BCUT2D eigenvalue weighted by molar-refractivity contribution is 0.000364. The summed E-state index contributed by atoms with van der Waals surface area (Å²) < 4.78 is 11.0.